The van der Waals surface area contributed by atoms with Gasteiger partial charge in [0.15, 0.2) is 0 Å². The molecule has 0 radical (unpaired) electrons. The maximum absolute atomic E-state index is 12.9. The molecule has 1 aromatic carbocycles. The lowest BCUT2D eigenvalue weighted by Gasteiger charge is -2.37. The van der Waals surface area contributed by atoms with E-state index >= 15 is 0 Å². The summed E-state index contributed by atoms with van der Waals surface area (Å²) in [6, 6.07) is 5.93. The zero-order valence-electron chi connectivity index (χ0n) is 14.0. The molecule has 3 rings (SSSR count). The standard InChI is InChI=1S/C18H24FN3O2/c1-21(18(24)13-4-5-13)16-3-2-10-22(11-16)12-17(23)20-15-8-6-14(19)7-9-15/h6-9,13,16H,2-5,10-12H2,1H3,(H,20,23). The van der Waals surface area contributed by atoms with Gasteiger partial charge in [0.2, 0.25) is 11.8 Å². The van der Waals surface area contributed by atoms with Crippen LogP contribution in [0.25, 0.3) is 0 Å². The molecule has 2 fully saturated rings. The van der Waals surface area contributed by atoms with Crippen LogP contribution in [0.2, 0.25) is 0 Å². The third kappa shape index (κ3) is 4.32. The van der Waals surface area contributed by atoms with Crippen molar-refractivity contribution >= 4 is 17.5 Å². The van der Waals surface area contributed by atoms with Gasteiger partial charge in [0.05, 0.1) is 6.54 Å². The van der Waals surface area contributed by atoms with Crippen LogP contribution in [0.1, 0.15) is 25.7 Å². The second kappa shape index (κ2) is 7.30. The molecule has 6 heteroatoms. The number of rotatable bonds is 5. The molecule has 0 bridgehead atoms. The highest BCUT2D eigenvalue weighted by Gasteiger charge is 2.35. The van der Waals surface area contributed by atoms with Gasteiger partial charge in [-0.25, -0.2) is 4.39 Å². The fraction of sp³-hybridized carbons (Fsp3) is 0.556. The number of nitrogens with zero attached hydrogens (tertiary/aromatic N) is 2. The number of hydrogen-bond donors (Lipinski definition) is 1. The number of halogens is 1. The first kappa shape index (κ1) is 16.9. The van der Waals surface area contributed by atoms with E-state index in [1.54, 1.807) is 12.1 Å². The van der Waals surface area contributed by atoms with Crippen LogP contribution in [-0.4, -0.2) is 54.3 Å². The number of hydrogen-bond acceptors (Lipinski definition) is 3. The van der Waals surface area contributed by atoms with Crippen molar-refractivity contribution < 1.29 is 14.0 Å². The van der Waals surface area contributed by atoms with E-state index in [1.807, 2.05) is 11.9 Å². The van der Waals surface area contributed by atoms with Crippen LogP contribution in [0.4, 0.5) is 10.1 Å². The minimum Gasteiger partial charge on any atom is -0.341 e. The van der Waals surface area contributed by atoms with E-state index in [1.165, 1.54) is 12.1 Å². The number of anilines is 1. The summed E-state index contributed by atoms with van der Waals surface area (Å²) in [5.74, 6) is 0.0402. The molecule has 0 spiro atoms. The number of carbonyl (C=O) groups is 2. The summed E-state index contributed by atoms with van der Waals surface area (Å²) >= 11 is 0. The van der Waals surface area contributed by atoms with Crippen molar-refractivity contribution in [3.05, 3.63) is 30.1 Å². The van der Waals surface area contributed by atoms with Crippen molar-refractivity contribution in [2.75, 3.05) is 32.0 Å². The summed E-state index contributed by atoms with van der Waals surface area (Å²) in [4.78, 5) is 28.3. The molecule has 1 atom stereocenters. The van der Waals surface area contributed by atoms with Gasteiger partial charge in [0, 0.05) is 31.2 Å². The molecule has 1 aromatic rings. The third-order valence-corrected chi connectivity index (χ3v) is 4.80. The van der Waals surface area contributed by atoms with Gasteiger partial charge in [-0.15, -0.1) is 0 Å². The molecule has 130 valence electrons. The van der Waals surface area contributed by atoms with Gasteiger partial charge in [-0.2, -0.15) is 0 Å². The average Bonchev–Trinajstić information content (AvgIpc) is 3.41. The number of amides is 2. The summed E-state index contributed by atoms with van der Waals surface area (Å²) in [6.45, 7) is 1.88. The van der Waals surface area contributed by atoms with Gasteiger partial charge < -0.3 is 10.2 Å². The van der Waals surface area contributed by atoms with Crippen molar-refractivity contribution in [2.45, 2.75) is 31.7 Å². The quantitative estimate of drug-likeness (QED) is 0.898. The van der Waals surface area contributed by atoms with E-state index in [0.29, 0.717) is 12.2 Å². The van der Waals surface area contributed by atoms with Gasteiger partial charge in [0.25, 0.3) is 0 Å². The van der Waals surface area contributed by atoms with E-state index < -0.39 is 0 Å². The molecule has 1 heterocycles. The van der Waals surface area contributed by atoms with Crippen LogP contribution >= 0.6 is 0 Å². The first-order valence-electron chi connectivity index (χ1n) is 8.57. The lowest BCUT2D eigenvalue weighted by molar-refractivity contribution is -0.134. The second-order valence-electron chi connectivity index (χ2n) is 6.81. The summed E-state index contributed by atoms with van der Waals surface area (Å²) in [5, 5.41) is 2.78. The maximum Gasteiger partial charge on any atom is 0.238 e. The lowest BCUT2D eigenvalue weighted by Crippen LogP contribution is -2.50. The van der Waals surface area contributed by atoms with Gasteiger partial charge >= 0.3 is 0 Å². The zero-order valence-corrected chi connectivity index (χ0v) is 14.0. The van der Waals surface area contributed by atoms with E-state index in [0.717, 1.165) is 38.8 Å². The molecule has 1 saturated heterocycles. The first-order valence-corrected chi connectivity index (χ1v) is 8.57. The molecule has 1 aliphatic heterocycles. The Morgan fingerprint density at radius 2 is 1.96 bits per heavy atom. The summed E-state index contributed by atoms with van der Waals surface area (Å²) in [7, 11) is 1.88. The predicted molar refractivity (Wildman–Crippen MR) is 90.0 cm³/mol. The Hall–Kier alpha value is -1.95. The number of benzene rings is 1. The number of carbonyl (C=O) groups excluding carboxylic acids is 2. The van der Waals surface area contributed by atoms with Crippen LogP contribution in [0.5, 0.6) is 0 Å². The van der Waals surface area contributed by atoms with Gasteiger partial charge in [-0.3, -0.25) is 14.5 Å². The number of likely N-dealkylation sites (tertiary alicyclic amines) is 1. The first-order chi connectivity index (χ1) is 11.5. The molecule has 0 aromatic heterocycles. The molecule has 5 nitrogen and oxygen atoms in total. The molecule has 24 heavy (non-hydrogen) atoms. The van der Waals surface area contributed by atoms with E-state index in [2.05, 4.69) is 10.2 Å². The smallest absolute Gasteiger partial charge is 0.238 e. The molecule has 1 aliphatic carbocycles. The van der Waals surface area contributed by atoms with E-state index in [-0.39, 0.29) is 29.6 Å². The van der Waals surface area contributed by atoms with Crippen LogP contribution in [0, 0.1) is 11.7 Å². The van der Waals surface area contributed by atoms with Crippen LogP contribution in [-0.2, 0) is 9.59 Å². The molecular weight excluding hydrogens is 309 g/mol. The second-order valence-corrected chi connectivity index (χ2v) is 6.81. The normalized spacial score (nSPS) is 21.3. The fourth-order valence-corrected chi connectivity index (χ4v) is 3.23. The van der Waals surface area contributed by atoms with E-state index in [9.17, 15) is 14.0 Å². The Bertz CT molecular complexity index is 601. The highest BCUT2D eigenvalue weighted by molar-refractivity contribution is 5.92. The summed E-state index contributed by atoms with van der Waals surface area (Å²) in [5.41, 5.74) is 0.594. The molecule has 1 saturated carbocycles. The van der Waals surface area contributed by atoms with Crippen LogP contribution in [0.3, 0.4) is 0 Å². The Labute approximate surface area is 141 Å². The van der Waals surface area contributed by atoms with Crippen molar-refractivity contribution in [2.24, 2.45) is 5.92 Å². The Morgan fingerprint density at radius 1 is 1.25 bits per heavy atom. The largest absolute Gasteiger partial charge is 0.341 e. The van der Waals surface area contributed by atoms with Crippen molar-refractivity contribution in [1.29, 1.82) is 0 Å². The highest BCUT2D eigenvalue weighted by Crippen LogP contribution is 2.32. The van der Waals surface area contributed by atoms with Crippen LogP contribution < -0.4 is 5.32 Å². The van der Waals surface area contributed by atoms with Gasteiger partial charge in [0.1, 0.15) is 5.82 Å². The molecular formula is C18H24FN3O2. The van der Waals surface area contributed by atoms with Crippen molar-refractivity contribution in [3.8, 4) is 0 Å². The SMILES string of the molecule is CN(C(=O)C1CC1)C1CCCN(CC(=O)Nc2ccc(F)cc2)C1. The molecule has 1 unspecified atom stereocenters. The lowest BCUT2D eigenvalue weighted by atomic mass is 10.0. The van der Waals surface area contributed by atoms with Gasteiger partial charge in [-0.1, -0.05) is 0 Å². The summed E-state index contributed by atoms with van der Waals surface area (Å²) < 4.78 is 12.9. The van der Waals surface area contributed by atoms with Crippen LogP contribution in [0.15, 0.2) is 24.3 Å². The maximum atomic E-state index is 12.9. The molecule has 2 amide bonds. The Balaban J connectivity index is 1.50. The average molecular weight is 333 g/mol. The van der Waals surface area contributed by atoms with Crippen molar-refractivity contribution in [3.63, 3.8) is 0 Å². The highest BCUT2D eigenvalue weighted by atomic mass is 19.1. The zero-order chi connectivity index (χ0) is 17.1. The third-order valence-electron chi connectivity index (χ3n) is 4.80. The Kier molecular flexibility index (Phi) is 5.14. The minimum atomic E-state index is -0.324. The van der Waals surface area contributed by atoms with Crippen molar-refractivity contribution in [1.82, 2.24) is 9.80 Å². The Morgan fingerprint density at radius 3 is 2.62 bits per heavy atom. The fourth-order valence-electron chi connectivity index (χ4n) is 3.23. The van der Waals surface area contributed by atoms with E-state index in [4.69, 9.17) is 0 Å². The minimum absolute atomic E-state index is 0.113. The monoisotopic (exact) mass is 333 g/mol. The predicted octanol–water partition coefficient (Wildman–Crippen LogP) is 2.10. The van der Waals surface area contributed by atoms with Gasteiger partial charge in [-0.05, 0) is 56.5 Å². The topological polar surface area (TPSA) is 52.7 Å². The number of nitrogens with one attached hydrogen (secondary N) is 1. The molecule has 1 N–H and O–H groups in total. The molecule has 2 aliphatic rings. The number of piperidine rings is 1. The summed E-state index contributed by atoms with van der Waals surface area (Å²) in [6.07, 6.45) is 4.00. The number of likely N-dealkylation sites (N-methyl/N-ethyl adjacent to an activating group) is 1.